The van der Waals surface area contributed by atoms with Gasteiger partial charge in [0.05, 0.1) is 17.8 Å². The molecule has 2 atom stereocenters. The standard InChI is InChI=1S/C17H17F3N6/c18-17(19,20)10-6-11(8-21-7-10)25-15-12(2-1-4-22-15)14-9-24-16-13(26-14)3-5-23-16/h1-5,9-11,21H,6-8H2,(H,22,25)(H,23,24)/t10-,11+/m0/s1. The lowest BCUT2D eigenvalue weighted by atomic mass is 9.95. The molecule has 136 valence electrons. The maximum Gasteiger partial charge on any atom is 0.393 e. The number of rotatable bonds is 3. The predicted molar refractivity (Wildman–Crippen MR) is 91.6 cm³/mol. The highest BCUT2D eigenvalue weighted by Gasteiger charge is 2.42. The fourth-order valence-corrected chi connectivity index (χ4v) is 3.18. The van der Waals surface area contributed by atoms with Gasteiger partial charge < -0.3 is 15.6 Å². The first-order chi connectivity index (χ1) is 12.5. The number of nitrogens with one attached hydrogen (secondary N) is 3. The molecule has 3 N–H and O–H groups in total. The van der Waals surface area contributed by atoms with E-state index in [0.717, 1.165) is 0 Å². The molecule has 6 nitrogen and oxygen atoms in total. The first-order valence-corrected chi connectivity index (χ1v) is 8.30. The summed E-state index contributed by atoms with van der Waals surface area (Å²) in [5.74, 6) is -0.858. The van der Waals surface area contributed by atoms with Crippen LogP contribution in [0.3, 0.4) is 0 Å². The lowest BCUT2D eigenvalue weighted by Crippen LogP contribution is -2.48. The van der Waals surface area contributed by atoms with E-state index in [-0.39, 0.29) is 19.0 Å². The highest BCUT2D eigenvalue weighted by molar-refractivity contribution is 5.78. The van der Waals surface area contributed by atoms with Crippen molar-refractivity contribution < 1.29 is 13.2 Å². The summed E-state index contributed by atoms with van der Waals surface area (Å²) in [4.78, 5) is 16.1. The number of halogens is 3. The van der Waals surface area contributed by atoms with Crippen LogP contribution < -0.4 is 10.6 Å². The van der Waals surface area contributed by atoms with Crippen molar-refractivity contribution in [3.05, 3.63) is 36.8 Å². The van der Waals surface area contributed by atoms with E-state index >= 15 is 0 Å². The zero-order chi connectivity index (χ0) is 18.1. The minimum absolute atomic E-state index is 0.00897. The zero-order valence-corrected chi connectivity index (χ0v) is 13.7. The molecule has 0 radical (unpaired) electrons. The molecule has 0 saturated carbocycles. The summed E-state index contributed by atoms with van der Waals surface area (Å²) in [6, 6.07) is 5.04. The molecule has 1 aliphatic rings. The van der Waals surface area contributed by atoms with E-state index in [0.29, 0.717) is 34.8 Å². The molecule has 3 aromatic heterocycles. The Kier molecular flexibility index (Phi) is 4.23. The molecule has 4 rings (SSSR count). The molecule has 0 bridgehead atoms. The van der Waals surface area contributed by atoms with Crippen molar-refractivity contribution in [1.82, 2.24) is 25.3 Å². The van der Waals surface area contributed by atoms with Crippen LogP contribution in [0.1, 0.15) is 6.42 Å². The number of pyridine rings is 1. The number of hydrogen-bond donors (Lipinski definition) is 3. The first-order valence-electron chi connectivity index (χ1n) is 8.30. The molecule has 0 unspecified atom stereocenters. The smallest absolute Gasteiger partial charge is 0.365 e. The minimum Gasteiger partial charge on any atom is -0.365 e. The van der Waals surface area contributed by atoms with Crippen molar-refractivity contribution in [1.29, 1.82) is 0 Å². The molecule has 3 aromatic rings. The van der Waals surface area contributed by atoms with Crippen molar-refractivity contribution in [2.75, 3.05) is 18.4 Å². The van der Waals surface area contributed by atoms with Gasteiger partial charge in [-0.25, -0.2) is 15.0 Å². The molecule has 9 heteroatoms. The summed E-state index contributed by atoms with van der Waals surface area (Å²) in [5, 5.41) is 5.99. The molecule has 1 aliphatic heterocycles. The van der Waals surface area contributed by atoms with Crippen LogP contribution in [0.5, 0.6) is 0 Å². The second-order valence-electron chi connectivity index (χ2n) is 6.34. The second kappa shape index (κ2) is 6.56. The first kappa shape index (κ1) is 16.8. The Morgan fingerprint density at radius 1 is 1.15 bits per heavy atom. The van der Waals surface area contributed by atoms with Crippen molar-refractivity contribution in [2.24, 2.45) is 5.92 Å². The van der Waals surface area contributed by atoms with Gasteiger partial charge in [0.2, 0.25) is 0 Å². The van der Waals surface area contributed by atoms with Crippen LogP contribution in [0.4, 0.5) is 19.0 Å². The number of fused-ring (bicyclic) bond motifs is 1. The Balaban J connectivity index is 1.59. The van der Waals surface area contributed by atoms with Gasteiger partial charge in [-0.05, 0) is 24.6 Å². The number of hydrogen-bond acceptors (Lipinski definition) is 5. The van der Waals surface area contributed by atoms with Crippen LogP contribution in [0.25, 0.3) is 22.4 Å². The SMILES string of the molecule is FC(F)(F)[C@@H]1CNC[C@H](Nc2ncccc2-c2cnc3[nH]ccc3n2)C1. The normalized spacial score (nSPS) is 21.0. The fourth-order valence-electron chi connectivity index (χ4n) is 3.18. The van der Waals surface area contributed by atoms with Crippen LogP contribution in [0, 0.1) is 5.92 Å². The Morgan fingerprint density at radius 3 is 2.88 bits per heavy atom. The van der Waals surface area contributed by atoms with Crippen LogP contribution >= 0.6 is 0 Å². The number of alkyl halides is 3. The summed E-state index contributed by atoms with van der Waals surface area (Å²) < 4.78 is 39.0. The van der Waals surface area contributed by atoms with Crippen molar-refractivity contribution in [3.63, 3.8) is 0 Å². The lowest BCUT2D eigenvalue weighted by molar-refractivity contribution is -0.178. The molecular weight excluding hydrogens is 345 g/mol. The minimum atomic E-state index is -4.20. The van der Waals surface area contributed by atoms with E-state index in [4.69, 9.17) is 0 Å². The van der Waals surface area contributed by atoms with Gasteiger partial charge >= 0.3 is 6.18 Å². The molecule has 26 heavy (non-hydrogen) atoms. The Hall–Kier alpha value is -2.68. The van der Waals surface area contributed by atoms with Crippen LogP contribution in [0.2, 0.25) is 0 Å². The highest BCUT2D eigenvalue weighted by Crippen LogP contribution is 2.32. The van der Waals surface area contributed by atoms with Gasteiger partial charge in [0.15, 0.2) is 5.65 Å². The molecule has 0 aromatic carbocycles. The average Bonchev–Trinajstić information content (AvgIpc) is 3.09. The molecule has 0 spiro atoms. The summed E-state index contributed by atoms with van der Waals surface area (Å²) in [6.07, 6.45) is 0.784. The van der Waals surface area contributed by atoms with E-state index < -0.39 is 12.1 Å². The van der Waals surface area contributed by atoms with Gasteiger partial charge in [0, 0.05) is 37.1 Å². The van der Waals surface area contributed by atoms with E-state index in [1.807, 2.05) is 12.1 Å². The Labute approximate surface area is 147 Å². The summed E-state index contributed by atoms with van der Waals surface area (Å²) in [5.41, 5.74) is 2.71. The van der Waals surface area contributed by atoms with Crippen molar-refractivity contribution >= 4 is 17.0 Å². The molecule has 1 saturated heterocycles. The summed E-state index contributed by atoms with van der Waals surface area (Å²) >= 11 is 0. The largest absolute Gasteiger partial charge is 0.393 e. The van der Waals surface area contributed by atoms with E-state index in [2.05, 4.69) is 30.6 Å². The quantitative estimate of drug-likeness (QED) is 0.668. The third kappa shape index (κ3) is 3.34. The van der Waals surface area contributed by atoms with E-state index in [9.17, 15) is 13.2 Å². The third-order valence-electron chi connectivity index (χ3n) is 4.50. The predicted octanol–water partition coefficient (Wildman–Crippen LogP) is 2.97. The second-order valence-corrected chi connectivity index (χ2v) is 6.34. The van der Waals surface area contributed by atoms with Gasteiger partial charge in [0.25, 0.3) is 0 Å². The number of aromatic nitrogens is 4. The molecular formula is C17H17F3N6. The third-order valence-corrected chi connectivity index (χ3v) is 4.50. The maximum absolute atomic E-state index is 13.0. The number of piperidine rings is 1. The Morgan fingerprint density at radius 2 is 2.04 bits per heavy atom. The molecule has 0 aliphatic carbocycles. The zero-order valence-electron chi connectivity index (χ0n) is 13.7. The summed E-state index contributed by atoms with van der Waals surface area (Å²) in [7, 11) is 0. The number of anilines is 1. The molecule has 1 fully saturated rings. The van der Waals surface area contributed by atoms with Gasteiger partial charge in [-0.2, -0.15) is 13.2 Å². The highest BCUT2D eigenvalue weighted by atomic mass is 19.4. The topological polar surface area (TPSA) is 78.5 Å². The molecule has 0 amide bonds. The number of nitrogens with zero attached hydrogens (tertiary/aromatic N) is 3. The summed E-state index contributed by atoms with van der Waals surface area (Å²) in [6.45, 7) is 0.400. The van der Waals surface area contributed by atoms with Gasteiger partial charge in [-0.15, -0.1) is 0 Å². The van der Waals surface area contributed by atoms with E-state index in [1.165, 1.54) is 0 Å². The van der Waals surface area contributed by atoms with Crippen LogP contribution in [0.15, 0.2) is 36.8 Å². The monoisotopic (exact) mass is 362 g/mol. The number of H-pyrrole nitrogens is 1. The molecule has 4 heterocycles. The fraction of sp³-hybridized carbons (Fsp3) is 0.353. The Bertz CT molecular complexity index is 907. The average molecular weight is 362 g/mol. The van der Waals surface area contributed by atoms with Gasteiger partial charge in [0.1, 0.15) is 11.3 Å². The van der Waals surface area contributed by atoms with E-state index in [1.54, 1.807) is 24.7 Å². The van der Waals surface area contributed by atoms with Crippen LogP contribution in [-0.2, 0) is 0 Å². The van der Waals surface area contributed by atoms with Crippen molar-refractivity contribution in [2.45, 2.75) is 18.6 Å². The maximum atomic E-state index is 13.0. The van der Waals surface area contributed by atoms with Crippen molar-refractivity contribution in [3.8, 4) is 11.3 Å². The van der Waals surface area contributed by atoms with Gasteiger partial charge in [-0.3, -0.25) is 0 Å². The lowest BCUT2D eigenvalue weighted by Gasteiger charge is -2.32. The van der Waals surface area contributed by atoms with Crippen LogP contribution in [-0.4, -0.2) is 45.2 Å². The van der Waals surface area contributed by atoms with Gasteiger partial charge in [-0.1, -0.05) is 0 Å². The number of aromatic amines is 1.